The molecule has 10 nitrogen and oxygen atoms in total. The van der Waals surface area contributed by atoms with Gasteiger partial charge >= 0.3 is 6.09 Å². The van der Waals surface area contributed by atoms with Crippen molar-refractivity contribution >= 4 is 35.6 Å². The van der Waals surface area contributed by atoms with E-state index in [-0.39, 0.29) is 28.3 Å². The predicted molar refractivity (Wildman–Crippen MR) is 172 cm³/mol. The minimum absolute atomic E-state index is 0.0556. The van der Waals surface area contributed by atoms with Gasteiger partial charge in [-0.15, -0.1) is 11.8 Å². The van der Waals surface area contributed by atoms with Crippen LogP contribution >= 0.6 is 11.8 Å². The minimum atomic E-state index is -0.633. The van der Waals surface area contributed by atoms with Crippen LogP contribution in [0.1, 0.15) is 57.2 Å². The van der Waals surface area contributed by atoms with E-state index in [1.807, 2.05) is 68.1 Å². The number of piperazine rings is 1. The first kappa shape index (κ1) is 33.3. The molecule has 2 aromatic rings. The van der Waals surface area contributed by atoms with Gasteiger partial charge in [-0.05, 0) is 43.9 Å². The number of amides is 4. The summed E-state index contributed by atoms with van der Waals surface area (Å²) in [6.45, 7) is 11.3. The molecule has 2 aromatic carbocycles. The molecule has 4 rings (SSSR count). The van der Waals surface area contributed by atoms with Gasteiger partial charge in [0.25, 0.3) is 0 Å². The normalized spacial score (nSPS) is 19.3. The Bertz CT molecular complexity index is 1270. The smallest absolute Gasteiger partial charge is 0.408 e. The third-order valence-electron chi connectivity index (χ3n) is 7.54. The fourth-order valence-corrected chi connectivity index (χ4v) is 6.12. The number of nitrogens with one attached hydrogen (secondary N) is 3. The number of carbonyl (C=O) groups excluding carboxylic acids is 4. The zero-order chi connectivity index (χ0) is 31.7. The van der Waals surface area contributed by atoms with Gasteiger partial charge in [0, 0.05) is 52.1 Å². The van der Waals surface area contributed by atoms with Crippen LogP contribution in [-0.4, -0.2) is 82.1 Å². The highest BCUT2D eigenvalue weighted by atomic mass is 32.2. The topological polar surface area (TPSA) is 120 Å². The lowest BCUT2D eigenvalue weighted by Crippen LogP contribution is -2.55. The van der Waals surface area contributed by atoms with Crippen molar-refractivity contribution in [1.29, 1.82) is 0 Å². The molecule has 238 valence electrons. The summed E-state index contributed by atoms with van der Waals surface area (Å²) in [7, 11) is 0. The molecule has 2 heterocycles. The molecule has 3 unspecified atom stereocenters. The number of carbonyl (C=O) groups is 4. The van der Waals surface area contributed by atoms with Crippen LogP contribution in [0.4, 0.5) is 4.79 Å². The summed E-state index contributed by atoms with van der Waals surface area (Å²) in [4.78, 5) is 54.5. The van der Waals surface area contributed by atoms with E-state index in [9.17, 15) is 19.2 Å². The molecule has 2 aliphatic heterocycles. The average molecular weight is 624 g/mol. The van der Waals surface area contributed by atoms with E-state index >= 15 is 0 Å². The van der Waals surface area contributed by atoms with Gasteiger partial charge in [-0.25, -0.2) is 4.79 Å². The molecule has 2 fully saturated rings. The summed E-state index contributed by atoms with van der Waals surface area (Å²) in [6.07, 6.45) is 0.778. The Hall–Kier alpha value is -3.57. The molecule has 2 aliphatic rings. The molecule has 11 heteroatoms. The highest BCUT2D eigenvalue weighted by molar-refractivity contribution is 8.02. The van der Waals surface area contributed by atoms with E-state index in [0.29, 0.717) is 38.9 Å². The first-order valence-electron chi connectivity index (χ1n) is 15.3. The SMILES string of the molecule is CCC(=O)NC(Cc1ccc(CNC(=O)C2CC(NC(=O)OC(C)(C)C)S2)cc1)C(=O)N1CCN(Cc2ccccc2)CC1. The number of alkyl carbamates (subject to hydrolysis) is 1. The van der Waals surface area contributed by atoms with Gasteiger partial charge in [0.15, 0.2) is 0 Å². The van der Waals surface area contributed by atoms with Crippen LogP contribution in [0.3, 0.4) is 0 Å². The monoisotopic (exact) mass is 623 g/mol. The summed E-state index contributed by atoms with van der Waals surface area (Å²) >= 11 is 1.40. The Morgan fingerprint density at radius 3 is 2.18 bits per heavy atom. The van der Waals surface area contributed by atoms with E-state index in [1.54, 1.807) is 6.92 Å². The van der Waals surface area contributed by atoms with Crippen molar-refractivity contribution in [1.82, 2.24) is 25.8 Å². The first-order chi connectivity index (χ1) is 21.0. The first-order valence-corrected chi connectivity index (χ1v) is 16.3. The maximum atomic E-state index is 13.5. The zero-order valence-corrected chi connectivity index (χ0v) is 27.0. The van der Waals surface area contributed by atoms with Crippen molar-refractivity contribution in [2.24, 2.45) is 0 Å². The molecule has 0 bridgehead atoms. The largest absolute Gasteiger partial charge is 0.444 e. The average Bonchev–Trinajstić information content (AvgIpc) is 2.97. The van der Waals surface area contributed by atoms with Crippen LogP contribution in [0.5, 0.6) is 0 Å². The van der Waals surface area contributed by atoms with Gasteiger partial charge in [0.1, 0.15) is 11.6 Å². The van der Waals surface area contributed by atoms with Crippen molar-refractivity contribution in [2.45, 2.75) is 82.3 Å². The Kier molecular flexibility index (Phi) is 11.7. The maximum Gasteiger partial charge on any atom is 0.408 e. The van der Waals surface area contributed by atoms with Crippen molar-refractivity contribution < 1.29 is 23.9 Å². The number of nitrogens with zero attached hydrogens (tertiary/aromatic N) is 2. The van der Waals surface area contributed by atoms with Crippen molar-refractivity contribution in [3.05, 3.63) is 71.3 Å². The number of hydrogen-bond donors (Lipinski definition) is 3. The van der Waals surface area contributed by atoms with E-state index in [2.05, 4.69) is 33.0 Å². The fraction of sp³-hybridized carbons (Fsp3) is 0.515. The number of thioether (sulfide) groups is 1. The van der Waals surface area contributed by atoms with E-state index in [1.165, 1.54) is 17.3 Å². The molecule has 0 saturated carbocycles. The minimum Gasteiger partial charge on any atom is -0.444 e. The van der Waals surface area contributed by atoms with Gasteiger partial charge < -0.3 is 25.6 Å². The van der Waals surface area contributed by atoms with Crippen LogP contribution in [0.25, 0.3) is 0 Å². The number of hydrogen-bond acceptors (Lipinski definition) is 7. The molecule has 0 radical (unpaired) electrons. The van der Waals surface area contributed by atoms with E-state index in [4.69, 9.17) is 4.74 Å². The Morgan fingerprint density at radius 1 is 0.932 bits per heavy atom. The zero-order valence-electron chi connectivity index (χ0n) is 26.1. The lowest BCUT2D eigenvalue weighted by Gasteiger charge is -2.36. The summed E-state index contributed by atoms with van der Waals surface area (Å²) in [5.74, 6) is -0.277. The lowest BCUT2D eigenvalue weighted by atomic mass is 10.0. The number of benzene rings is 2. The number of rotatable bonds is 11. The molecular formula is C33H45N5O5S. The summed E-state index contributed by atoms with van der Waals surface area (Å²) in [5.41, 5.74) is 2.56. The van der Waals surface area contributed by atoms with Crippen molar-refractivity contribution in [3.63, 3.8) is 0 Å². The molecule has 0 spiro atoms. The quantitative estimate of drug-likeness (QED) is 0.351. The molecule has 3 N–H and O–H groups in total. The van der Waals surface area contributed by atoms with Crippen molar-refractivity contribution in [3.8, 4) is 0 Å². The standard InChI is InChI=1S/C33H45N5O5S/c1-5-28(39)35-26(31(41)38-17-15-37(16-18-38)22-25-9-7-6-8-10-25)19-23-11-13-24(14-12-23)21-34-30(40)27-20-29(44-27)36-32(42)43-33(2,3)4/h6-14,26-27,29H,5,15-22H2,1-4H3,(H,34,40)(H,35,39)(H,36,42). The Labute approximate surface area is 264 Å². The van der Waals surface area contributed by atoms with Gasteiger partial charge in [0.05, 0.1) is 10.6 Å². The summed E-state index contributed by atoms with van der Waals surface area (Å²) in [5, 5.41) is 8.31. The third-order valence-corrected chi connectivity index (χ3v) is 8.92. The molecule has 4 amide bonds. The molecule has 0 aromatic heterocycles. The third kappa shape index (κ3) is 10.3. The second-order valence-electron chi connectivity index (χ2n) is 12.3. The molecular weight excluding hydrogens is 578 g/mol. The van der Waals surface area contributed by atoms with Gasteiger partial charge in [-0.3, -0.25) is 19.3 Å². The van der Waals surface area contributed by atoms with Gasteiger partial charge in [0.2, 0.25) is 17.7 Å². The molecule has 44 heavy (non-hydrogen) atoms. The second kappa shape index (κ2) is 15.4. The summed E-state index contributed by atoms with van der Waals surface area (Å²) in [6, 6.07) is 17.4. The van der Waals surface area contributed by atoms with Crippen LogP contribution in [0.2, 0.25) is 0 Å². The predicted octanol–water partition coefficient (Wildman–Crippen LogP) is 3.44. The Morgan fingerprint density at radius 2 is 1.57 bits per heavy atom. The van der Waals surface area contributed by atoms with E-state index in [0.717, 1.165) is 30.8 Å². The molecule has 2 saturated heterocycles. The van der Waals surface area contributed by atoms with Crippen molar-refractivity contribution in [2.75, 3.05) is 26.2 Å². The molecule has 3 atom stereocenters. The fourth-order valence-electron chi connectivity index (χ4n) is 5.10. The van der Waals surface area contributed by atoms with Crippen LogP contribution < -0.4 is 16.0 Å². The van der Waals surface area contributed by atoms with Crippen LogP contribution in [-0.2, 0) is 38.6 Å². The van der Waals surface area contributed by atoms with Gasteiger partial charge in [-0.1, -0.05) is 61.5 Å². The summed E-state index contributed by atoms with van der Waals surface area (Å²) < 4.78 is 5.26. The second-order valence-corrected chi connectivity index (χ2v) is 13.7. The number of ether oxygens (including phenoxy) is 1. The highest BCUT2D eigenvalue weighted by Crippen LogP contribution is 2.35. The van der Waals surface area contributed by atoms with E-state index < -0.39 is 17.7 Å². The maximum absolute atomic E-state index is 13.5. The molecule has 0 aliphatic carbocycles. The Balaban J connectivity index is 1.23. The lowest BCUT2D eigenvalue weighted by molar-refractivity contribution is -0.138. The van der Waals surface area contributed by atoms with Crippen LogP contribution in [0, 0.1) is 0 Å². The van der Waals surface area contributed by atoms with Gasteiger partial charge in [-0.2, -0.15) is 0 Å². The van der Waals surface area contributed by atoms with Crippen LogP contribution in [0.15, 0.2) is 54.6 Å². The highest BCUT2D eigenvalue weighted by Gasteiger charge is 2.37.